The normalized spacial score (nSPS) is 17.4. The van der Waals surface area contributed by atoms with E-state index in [1.807, 2.05) is 41.1 Å². The summed E-state index contributed by atoms with van der Waals surface area (Å²) in [5.41, 5.74) is 3.50. The number of hydrogen-bond acceptors (Lipinski definition) is 5. The number of ether oxygens (including phenoxy) is 2. The minimum absolute atomic E-state index is 0.191. The quantitative estimate of drug-likeness (QED) is 0.595. The highest BCUT2D eigenvalue weighted by molar-refractivity contribution is 5.94. The lowest BCUT2D eigenvalue weighted by atomic mass is 10.0. The summed E-state index contributed by atoms with van der Waals surface area (Å²) in [5.74, 6) is 1.56. The summed E-state index contributed by atoms with van der Waals surface area (Å²) >= 11 is 0. The van der Waals surface area contributed by atoms with E-state index in [9.17, 15) is 4.79 Å². The first kappa shape index (κ1) is 21.7. The first-order valence-corrected chi connectivity index (χ1v) is 11.6. The molecule has 2 aliphatic heterocycles. The van der Waals surface area contributed by atoms with Crippen molar-refractivity contribution in [2.24, 2.45) is 0 Å². The molecule has 0 bridgehead atoms. The first-order valence-electron chi connectivity index (χ1n) is 11.6. The van der Waals surface area contributed by atoms with Crippen molar-refractivity contribution in [1.82, 2.24) is 14.7 Å². The van der Waals surface area contributed by atoms with Crippen LogP contribution in [0.1, 0.15) is 41.7 Å². The van der Waals surface area contributed by atoms with E-state index in [1.165, 1.54) is 11.1 Å². The minimum Gasteiger partial charge on any atom is -0.493 e. The predicted octanol–water partition coefficient (Wildman–Crippen LogP) is 3.98. The van der Waals surface area contributed by atoms with E-state index in [0.29, 0.717) is 0 Å². The van der Waals surface area contributed by atoms with Crippen molar-refractivity contribution in [2.45, 2.75) is 38.0 Å². The van der Waals surface area contributed by atoms with Crippen LogP contribution in [0.5, 0.6) is 5.75 Å². The summed E-state index contributed by atoms with van der Waals surface area (Å²) in [5, 5.41) is 7.55. The number of carbonyl (C=O) groups excluding carboxylic acids is 1. The number of nitrogens with one attached hydrogen (secondary N) is 1. The van der Waals surface area contributed by atoms with E-state index < -0.39 is 6.10 Å². The fourth-order valence-electron chi connectivity index (χ4n) is 4.84. The molecule has 1 N–H and O–H groups in total. The predicted molar refractivity (Wildman–Crippen MR) is 126 cm³/mol. The fourth-order valence-corrected chi connectivity index (χ4v) is 4.84. The Balaban J connectivity index is 1.19. The van der Waals surface area contributed by atoms with Gasteiger partial charge in [-0.2, -0.15) is 5.10 Å². The molecule has 1 atom stereocenters. The molecule has 1 fully saturated rings. The fraction of sp³-hybridized carbons (Fsp3) is 0.385. The molecule has 0 saturated carbocycles. The molecule has 7 nitrogen and oxygen atoms in total. The molecule has 1 amide bonds. The topological polar surface area (TPSA) is 68.6 Å². The number of anilines is 1. The summed E-state index contributed by atoms with van der Waals surface area (Å²) < 4.78 is 13.1. The lowest BCUT2D eigenvalue weighted by Crippen LogP contribution is -2.35. The Morgan fingerprint density at radius 2 is 2.00 bits per heavy atom. The van der Waals surface area contributed by atoms with Gasteiger partial charge in [-0.25, -0.2) is 4.68 Å². The largest absolute Gasteiger partial charge is 0.493 e. The Kier molecular flexibility index (Phi) is 6.41. The molecule has 1 saturated heterocycles. The molecule has 1 unspecified atom stereocenters. The van der Waals surface area contributed by atoms with E-state index in [2.05, 4.69) is 33.5 Å². The molecule has 0 aliphatic carbocycles. The molecule has 7 heteroatoms. The van der Waals surface area contributed by atoms with Crippen molar-refractivity contribution in [1.29, 1.82) is 0 Å². The lowest BCUT2D eigenvalue weighted by molar-refractivity contribution is -0.126. The summed E-state index contributed by atoms with van der Waals surface area (Å²) in [6, 6.07) is 18.2. The van der Waals surface area contributed by atoms with Crippen LogP contribution in [-0.2, 0) is 22.5 Å². The van der Waals surface area contributed by atoms with Crippen LogP contribution >= 0.6 is 0 Å². The smallest absolute Gasteiger partial charge is 0.259 e. The van der Waals surface area contributed by atoms with Gasteiger partial charge in [0.05, 0.1) is 18.8 Å². The standard InChI is InChI=1S/C26H30N4O3/c1-32-25(20-5-3-2-4-6-20)26(31)28-24-9-13-27-30(24)22-10-14-29(15-11-22)18-19-7-8-23-21(17-19)12-16-33-23/h2-9,13,17,22,25H,10-12,14-16,18H2,1H3,(H,28,31). The number of aromatic nitrogens is 2. The van der Waals surface area contributed by atoms with E-state index >= 15 is 0 Å². The average Bonchev–Trinajstić information content (AvgIpc) is 3.50. The zero-order valence-electron chi connectivity index (χ0n) is 18.9. The van der Waals surface area contributed by atoms with Gasteiger partial charge in [-0.05, 0) is 35.6 Å². The molecule has 0 radical (unpaired) electrons. The highest BCUT2D eigenvalue weighted by atomic mass is 16.5. The third-order valence-corrected chi connectivity index (χ3v) is 6.56. The Morgan fingerprint density at radius 3 is 2.79 bits per heavy atom. The van der Waals surface area contributed by atoms with Gasteiger partial charge in [-0.3, -0.25) is 9.69 Å². The third kappa shape index (κ3) is 4.79. The first-order chi connectivity index (χ1) is 16.2. The van der Waals surface area contributed by atoms with Crippen molar-refractivity contribution in [2.75, 3.05) is 32.1 Å². The average molecular weight is 447 g/mol. The highest BCUT2D eigenvalue weighted by Gasteiger charge is 2.26. The lowest BCUT2D eigenvalue weighted by Gasteiger charge is -2.33. The van der Waals surface area contributed by atoms with Gasteiger partial charge < -0.3 is 14.8 Å². The van der Waals surface area contributed by atoms with Crippen LogP contribution in [0.3, 0.4) is 0 Å². The van der Waals surface area contributed by atoms with Crippen LogP contribution in [0.4, 0.5) is 5.82 Å². The van der Waals surface area contributed by atoms with Crippen LogP contribution in [0, 0.1) is 0 Å². The van der Waals surface area contributed by atoms with Gasteiger partial charge in [0.2, 0.25) is 0 Å². The second-order valence-corrected chi connectivity index (χ2v) is 8.72. The number of amides is 1. The minimum atomic E-state index is -0.658. The number of rotatable bonds is 7. The summed E-state index contributed by atoms with van der Waals surface area (Å²) in [7, 11) is 1.55. The number of methoxy groups -OCH3 is 1. The van der Waals surface area contributed by atoms with Crippen LogP contribution < -0.4 is 10.1 Å². The molecule has 1 aromatic heterocycles. The van der Waals surface area contributed by atoms with Crippen molar-refractivity contribution < 1.29 is 14.3 Å². The number of hydrogen-bond donors (Lipinski definition) is 1. The Bertz CT molecular complexity index is 1090. The summed E-state index contributed by atoms with van der Waals surface area (Å²) in [4.78, 5) is 15.4. The maximum absolute atomic E-state index is 12.9. The molecule has 172 valence electrons. The van der Waals surface area contributed by atoms with E-state index in [4.69, 9.17) is 9.47 Å². The van der Waals surface area contributed by atoms with Crippen molar-refractivity contribution >= 4 is 11.7 Å². The molecule has 5 rings (SSSR count). The zero-order chi connectivity index (χ0) is 22.6. The molecule has 2 aliphatic rings. The van der Waals surface area contributed by atoms with Crippen molar-refractivity contribution in [3.8, 4) is 5.75 Å². The molecule has 3 aromatic rings. The second-order valence-electron chi connectivity index (χ2n) is 8.72. The van der Waals surface area contributed by atoms with Gasteiger partial charge in [0.25, 0.3) is 5.91 Å². The van der Waals surface area contributed by atoms with Gasteiger partial charge in [0, 0.05) is 39.2 Å². The van der Waals surface area contributed by atoms with Crippen LogP contribution in [0.25, 0.3) is 0 Å². The summed E-state index contributed by atoms with van der Waals surface area (Å²) in [6.45, 7) is 3.74. The van der Waals surface area contributed by atoms with Crippen molar-refractivity contribution in [3.05, 3.63) is 77.5 Å². The maximum atomic E-state index is 12.9. The maximum Gasteiger partial charge on any atom is 0.259 e. The zero-order valence-corrected chi connectivity index (χ0v) is 18.9. The number of likely N-dealkylation sites (tertiary alicyclic amines) is 1. The molecular weight excluding hydrogens is 416 g/mol. The monoisotopic (exact) mass is 446 g/mol. The van der Waals surface area contributed by atoms with Gasteiger partial charge in [-0.1, -0.05) is 42.5 Å². The Morgan fingerprint density at radius 1 is 1.18 bits per heavy atom. The number of piperidine rings is 1. The highest BCUT2D eigenvalue weighted by Crippen LogP contribution is 2.29. The van der Waals surface area contributed by atoms with Crippen LogP contribution in [0.2, 0.25) is 0 Å². The van der Waals surface area contributed by atoms with Gasteiger partial charge >= 0.3 is 0 Å². The van der Waals surface area contributed by atoms with Crippen LogP contribution in [0.15, 0.2) is 60.8 Å². The summed E-state index contributed by atoms with van der Waals surface area (Å²) in [6.07, 6.45) is 4.08. The number of carbonyl (C=O) groups is 1. The molecule has 0 spiro atoms. The van der Waals surface area contributed by atoms with E-state index in [-0.39, 0.29) is 11.9 Å². The molecule has 3 heterocycles. The number of fused-ring (bicyclic) bond motifs is 1. The van der Waals surface area contributed by atoms with Gasteiger partial charge in [0.1, 0.15) is 11.6 Å². The molecular formula is C26H30N4O3. The van der Waals surface area contributed by atoms with Crippen molar-refractivity contribution in [3.63, 3.8) is 0 Å². The van der Waals surface area contributed by atoms with Crippen LogP contribution in [-0.4, -0.2) is 47.4 Å². The SMILES string of the molecule is COC(C(=O)Nc1ccnn1C1CCN(Cc2ccc3c(c2)CCO3)CC1)c1ccccc1. The van der Waals surface area contributed by atoms with E-state index in [1.54, 1.807) is 13.3 Å². The Labute approximate surface area is 194 Å². The molecule has 33 heavy (non-hydrogen) atoms. The van der Waals surface area contributed by atoms with E-state index in [0.717, 1.165) is 62.6 Å². The van der Waals surface area contributed by atoms with Gasteiger partial charge in [0.15, 0.2) is 6.10 Å². The Hall–Kier alpha value is -3.16. The number of benzene rings is 2. The number of nitrogens with zero attached hydrogens (tertiary/aromatic N) is 3. The third-order valence-electron chi connectivity index (χ3n) is 6.56. The molecule has 2 aromatic carbocycles. The second kappa shape index (κ2) is 9.77. The van der Waals surface area contributed by atoms with Gasteiger partial charge in [-0.15, -0.1) is 0 Å².